The van der Waals surface area contributed by atoms with Crippen molar-refractivity contribution < 1.29 is 4.39 Å². The molecule has 18 heavy (non-hydrogen) atoms. The number of nitrogens with zero attached hydrogens (tertiary/aromatic N) is 2. The lowest BCUT2D eigenvalue weighted by Gasteiger charge is -2.04. The van der Waals surface area contributed by atoms with E-state index in [1.165, 1.54) is 6.07 Å². The lowest BCUT2D eigenvalue weighted by Crippen LogP contribution is -1.97. The second-order valence-electron chi connectivity index (χ2n) is 4.36. The van der Waals surface area contributed by atoms with Crippen molar-refractivity contribution in [2.75, 3.05) is 5.73 Å². The Bertz CT molecular complexity index is 719. The number of halogens is 1. The normalized spacial score (nSPS) is 11.3. The molecule has 0 saturated heterocycles. The molecule has 3 rings (SSSR count). The van der Waals surface area contributed by atoms with Gasteiger partial charge in [0.2, 0.25) is 0 Å². The van der Waals surface area contributed by atoms with Gasteiger partial charge < -0.3 is 10.7 Å². The Morgan fingerprint density at radius 1 is 1.39 bits per heavy atom. The number of rotatable bonds is 1. The summed E-state index contributed by atoms with van der Waals surface area (Å²) in [6, 6.07) is 4.98. The Morgan fingerprint density at radius 3 is 2.83 bits per heavy atom. The van der Waals surface area contributed by atoms with E-state index in [0.717, 1.165) is 22.5 Å². The first-order chi connectivity index (χ1) is 8.59. The van der Waals surface area contributed by atoms with Crippen LogP contribution in [0.4, 0.5) is 10.1 Å². The number of nitrogen functional groups attached to an aromatic ring is 1. The molecule has 0 fully saturated rings. The van der Waals surface area contributed by atoms with E-state index in [9.17, 15) is 4.39 Å². The summed E-state index contributed by atoms with van der Waals surface area (Å²) in [4.78, 5) is 3.17. The van der Waals surface area contributed by atoms with Crippen LogP contribution in [0.5, 0.6) is 0 Å². The monoisotopic (exact) mass is 244 g/mol. The van der Waals surface area contributed by atoms with Crippen LogP contribution in [-0.2, 0) is 7.05 Å². The lowest BCUT2D eigenvalue weighted by molar-refractivity contribution is 0.640. The van der Waals surface area contributed by atoms with Crippen LogP contribution in [0, 0.1) is 12.7 Å². The Hall–Kier alpha value is -2.30. The predicted molar refractivity (Wildman–Crippen MR) is 69.6 cm³/mol. The fourth-order valence-electron chi connectivity index (χ4n) is 2.39. The third kappa shape index (κ3) is 1.33. The van der Waals surface area contributed by atoms with Crippen LogP contribution in [-0.4, -0.2) is 14.8 Å². The summed E-state index contributed by atoms with van der Waals surface area (Å²) in [6.45, 7) is 1.90. The molecular weight excluding hydrogens is 231 g/mol. The quantitative estimate of drug-likeness (QED) is 0.691. The van der Waals surface area contributed by atoms with Crippen LogP contribution in [0.1, 0.15) is 5.69 Å². The molecule has 0 bridgehead atoms. The van der Waals surface area contributed by atoms with Crippen LogP contribution >= 0.6 is 0 Å². The van der Waals surface area contributed by atoms with Gasteiger partial charge in [-0.3, -0.25) is 4.68 Å². The summed E-state index contributed by atoms with van der Waals surface area (Å²) in [5.41, 5.74) is 9.63. The molecule has 2 aromatic heterocycles. The number of H-pyrrole nitrogens is 1. The number of anilines is 1. The van der Waals surface area contributed by atoms with Gasteiger partial charge in [0.25, 0.3) is 0 Å². The topological polar surface area (TPSA) is 59.6 Å². The van der Waals surface area contributed by atoms with Crippen LogP contribution in [0.25, 0.3) is 22.2 Å². The van der Waals surface area contributed by atoms with Crippen molar-refractivity contribution in [3.63, 3.8) is 0 Å². The van der Waals surface area contributed by atoms with E-state index < -0.39 is 0 Å². The molecule has 3 N–H and O–H groups in total. The van der Waals surface area contributed by atoms with Gasteiger partial charge in [-0.1, -0.05) is 6.07 Å². The maximum absolute atomic E-state index is 14.0. The van der Waals surface area contributed by atoms with Gasteiger partial charge in [0.05, 0.1) is 17.6 Å². The third-order valence-electron chi connectivity index (χ3n) is 3.16. The maximum Gasteiger partial charge on any atom is 0.133 e. The van der Waals surface area contributed by atoms with Gasteiger partial charge in [0.15, 0.2) is 0 Å². The van der Waals surface area contributed by atoms with Crippen molar-refractivity contribution in [3.8, 4) is 11.3 Å². The van der Waals surface area contributed by atoms with E-state index in [1.54, 1.807) is 24.0 Å². The van der Waals surface area contributed by atoms with E-state index >= 15 is 0 Å². The largest absolute Gasteiger partial charge is 0.396 e. The fraction of sp³-hybridized carbons (Fsp3) is 0.154. The molecule has 0 unspecified atom stereocenters. The molecular formula is C13H13FN4. The predicted octanol–water partition coefficient (Wildman–Crippen LogP) is 2.60. The van der Waals surface area contributed by atoms with Crippen molar-refractivity contribution in [2.45, 2.75) is 6.92 Å². The first-order valence-electron chi connectivity index (χ1n) is 5.64. The minimum atomic E-state index is -0.257. The molecule has 4 nitrogen and oxygen atoms in total. The zero-order chi connectivity index (χ0) is 12.9. The summed E-state index contributed by atoms with van der Waals surface area (Å²) in [6.07, 6.45) is 1.58. The van der Waals surface area contributed by atoms with Crippen LogP contribution < -0.4 is 5.73 Å². The van der Waals surface area contributed by atoms with E-state index in [-0.39, 0.29) is 5.82 Å². The highest BCUT2D eigenvalue weighted by molar-refractivity contribution is 5.99. The number of aromatic amines is 1. The van der Waals surface area contributed by atoms with Gasteiger partial charge in [0, 0.05) is 29.2 Å². The molecule has 0 amide bonds. The van der Waals surface area contributed by atoms with Gasteiger partial charge in [0.1, 0.15) is 5.82 Å². The van der Waals surface area contributed by atoms with Gasteiger partial charge in [-0.15, -0.1) is 0 Å². The van der Waals surface area contributed by atoms with Crippen molar-refractivity contribution in [1.29, 1.82) is 0 Å². The summed E-state index contributed by atoms with van der Waals surface area (Å²) in [7, 11) is 1.80. The SMILES string of the molecule is Cc1[nH]c2cccc(F)c2c1-c1c(N)cnn1C. The number of aryl methyl sites for hydroxylation is 2. The number of hydrogen-bond donors (Lipinski definition) is 2. The smallest absolute Gasteiger partial charge is 0.133 e. The Kier molecular flexibility index (Phi) is 2.16. The van der Waals surface area contributed by atoms with Crippen LogP contribution in [0.3, 0.4) is 0 Å². The van der Waals surface area contributed by atoms with E-state index in [1.807, 2.05) is 13.0 Å². The highest BCUT2D eigenvalue weighted by atomic mass is 19.1. The van der Waals surface area contributed by atoms with E-state index in [2.05, 4.69) is 10.1 Å². The number of nitrogens with one attached hydrogen (secondary N) is 1. The molecule has 0 aliphatic rings. The molecule has 0 aliphatic heterocycles. The zero-order valence-corrected chi connectivity index (χ0v) is 10.2. The van der Waals surface area contributed by atoms with Gasteiger partial charge in [-0.05, 0) is 19.1 Å². The number of nitrogens with two attached hydrogens (primary N) is 1. The number of aromatic nitrogens is 3. The van der Waals surface area contributed by atoms with Crippen LogP contribution in [0.2, 0.25) is 0 Å². The maximum atomic E-state index is 14.0. The molecule has 92 valence electrons. The van der Waals surface area contributed by atoms with Crippen molar-refractivity contribution in [2.24, 2.45) is 7.05 Å². The Morgan fingerprint density at radius 2 is 2.17 bits per heavy atom. The van der Waals surface area contributed by atoms with Crippen molar-refractivity contribution in [1.82, 2.24) is 14.8 Å². The number of benzene rings is 1. The van der Waals surface area contributed by atoms with Crippen molar-refractivity contribution in [3.05, 3.63) is 35.9 Å². The molecule has 0 saturated carbocycles. The van der Waals surface area contributed by atoms with Gasteiger partial charge >= 0.3 is 0 Å². The second-order valence-corrected chi connectivity index (χ2v) is 4.36. The lowest BCUT2D eigenvalue weighted by atomic mass is 10.1. The summed E-state index contributed by atoms with van der Waals surface area (Å²) >= 11 is 0. The molecule has 3 aromatic rings. The minimum absolute atomic E-state index is 0.257. The first-order valence-corrected chi connectivity index (χ1v) is 5.64. The second kappa shape index (κ2) is 3.60. The fourth-order valence-corrected chi connectivity index (χ4v) is 2.39. The average molecular weight is 244 g/mol. The van der Waals surface area contributed by atoms with E-state index in [0.29, 0.717) is 11.1 Å². The molecule has 2 heterocycles. The summed E-state index contributed by atoms with van der Waals surface area (Å²) in [5.74, 6) is -0.257. The number of fused-ring (bicyclic) bond motifs is 1. The molecule has 0 aliphatic carbocycles. The highest BCUT2D eigenvalue weighted by Gasteiger charge is 2.18. The molecule has 5 heteroatoms. The molecule has 0 spiro atoms. The third-order valence-corrected chi connectivity index (χ3v) is 3.16. The van der Waals surface area contributed by atoms with E-state index in [4.69, 9.17) is 5.73 Å². The van der Waals surface area contributed by atoms with Gasteiger partial charge in [-0.2, -0.15) is 5.10 Å². The Balaban J connectivity index is 2.46. The minimum Gasteiger partial charge on any atom is -0.396 e. The molecule has 0 atom stereocenters. The first kappa shape index (κ1) is 10.8. The Labute approximate surface area is 103 Å². The standard InChI is InChI=1S/C13H13FN4/c1-7-11(13-9(15)6-16-18(13)2)12-8(14)4-3-5-10(12)17-7/h3-6,17H,15H2,1-2H3. The number of hydrogen-bond acceptors (Lipinski definition) is 2. The highest BCUT2D eigenvalue weighted by Crippen LogP contribution is 2.36. The molecule has 1 aromatic carbocycles. The molecule has 0 radical (unpaired) electrons. The average Bonchev–Trinajstić information content (AvgIpc) is 2.80. The summed E-state index contributed by atoms with van der Waals surface area (Å²) < 4.78 is 15.7. The van der Waals surface area contributed by atoms with Crippen molar-refractivity contribution >= 4 is 16.6 Å². The zero-order valence-electron chi connectivity index (χ0n) is 10.2. The van der Waals surface area contributed by atoms with Gasteiger partial charge in [-0.25, -0.2) is 4.39 Å². The van der Waals surface area contributed by atoms with Crippen LogP contribution in [0.15, 0.2) is 24.4 Å². The summed E-state index contributed by atoms with van der Waals surface area (Å²) in [5, 5.41) is 4.67.